The zero-order valence-electron chi connectivity index (χ0n) is 15.0. The van der Waals surface area contributed by atoms with Crippen LogP contribution in [0.2, 0.25) is 0 Å². The maximum absolute atomic E-state index is 9.75. The molecular formula is C16H36BF4P. The second-order valence-electron chi connectivity index (χ2n) is 6.15. The van der Waals surface area contributed by atoms with Gasteiger partial charge in [-0.1, -0.05) is 53.4 Å². The van der Waals surface area contributed by atoms with Crippen molar-refractivity contribution in [3.8, 4) is 0 Å². The second-order valence-corrected chi connectivity index (χ2v) is 10.6. The Labute approximate surface area is 136 Å². The molecule has 0 aliphatic heterocycles. The summed E-state index contributed by atoms with van der Waals surface area (Å²) in [6.07, 6.45) is 17.9. The van der Waals surface area contributed by atoms with Crippen LogP contribution in [0.15, 0.2) is 0 Å². The van der Waals surface area contributed by atoms with Crippen LogP contribution in [0.1, 0.15) is 79.1 Å². The van der Waals surface area contributed by atoms with Crippen molar-refractivity contribution in [2.24, 2.45) is 0 Å². The van der Waals surface area contributed by atoms with Crippen LogP contribution in [0.4, 0.5) is 17.3 Å². The molecule has 0 aliphatic carbocycles. The molecule has 0 atom stereocenters. The molecule has 0 amide bonds. The van der Waals surface area contributed by atoms with Gasteiger partial charge in [-0.25, -0.2) is 0 Å². The molecule has 0 unspecified atom stereocenters. The summed E-state index contributed by atoms with van der Waals surface area (Å²) in [6, 6.07) is 0. The quantitative estimate of drug-likeness (QED) is 0.195. The molecule has 0 saturated heterocycles. The van der Waals surface area contributed by atoms with Crippen LogP contribution in [-0.2, 0) is 0 Å². The number of unbranched alkanes of at least 4 members (excludes halogenated alkanes) is 4. The topological polar surface area (TPSA) is 0 Å². The van der Waals surface area contributed by atoms with Crippen molar-refractivity contribution in [1.82, 2.24) is 0 Å². The molecule has 0 rings (SSSR count). The first kappa shape index (κ1) is 24.5. The van der Waals surface area contributed by atoms with Crippen LogP contribution >= 0.6 is 7.26 Å². The molecule has 0 aromatic heterocycles. The van der Waals surface area contributed by atoms with Gasteiger partial charge in [0.1, 0.15) is 0 Å². The lowest BCUT2D eigenvalue weighted by Crippen LogP contribution is -2.12. The molecule has 0 saturated carbocycles. The Kier molecular flexibility index (Phi) is 16.4. The van der Waals surface area contributed by atoms with Crippen LogP contribution in [0.3, 0.4) is 0 Å². The first-order valence-electron chi connectivity index (χ1n) is 8.97. The van der Waals surface area contributed by atoms with Gasteiger partial charge in [0.25, 0.3) is 0 Å². The van der Waals surface area contributed by atoms with E-state index in [1.807, 2.05) is 0 Å². The number of halogens is 4. The van der Waals surface area contributed by atoms with Crippen molar-refractivity contribution in [3.05, 3.63) is 0 Å². The summed E-state index contributed by atoms with van der Waals surface area (Å²) in [5.74, 6) is 0. The number of hydrogen-bond donors (Lipinski definition) is 0. The molecule has 0 nitrogen and oxygen atoms in total. The largest absolute Gasteiger partial charge is 0.673 e. The van der Waals surface area contributed by atoms with Gasteiger partial charge in [0.05, 0.1) is 24.6 Å². The zero-order chi connectivity index (χ0) is 17.5. The summed E-state index contributed by atoms with van der Waals surface area (Å²) in [4.78, 5) is 0. The fourth-order valence-electron chi connectivity index (χ4n) is 2.64. The molecule has 0 heterocycles. The van der Waals surface area contributed by atoms with Crippen molar-refractivity contribution in [2.45, 2.75) is 79.1 Å². The summed E-state index contributed by atoms with van der Waals surface area (Å²) in [7, 11) is -6.56. The molecule has 0 aliphatic rings. The molecular weight excluding hydrogens is 310 g/mol. The van der Waals surface area contributed by atoms with Gasteiger partial charge in [0.15, 0.2) is 0 Å². The Hall–Kier alpha value is 0.215. The van der Waals surface area contributed by atoms with Crippen LogP contribution in [0, 0.1) is 0 Å². The van der Waals surface area contributed by atoms with E-state index in [9.17, 15) is 17.3 Å². The average Bonchev–Trinajstić information content (AvgIpc) is 2.44. The third kappa shape index (κ3) is 18.3. The van der Waals surface area contributed by atoms with E-state index in [0.29, 0.717) is 0 Å². The maximum atomic E-state index is 9.75. The van der Waals surface area contributed by atoms with Gasteiger partial charge in [-0.3, -0.25) is 0 Å². The van der Waals surface area contributed by atoms with Crippen LogP contribution in [0.25, 0.3) is 0 Å². The van der Waals surface area contributed by atoms with E-state index in [2.05, 4.69) is 27.7 Å². The van der Waals surface area contributed by atoms with Gasteiger partial charge in [-0.2, -0.15) is 0 Å². The van der Waals surface area contributed by atoms with Gasteiger partial charge in [-0.15, -0.1) is 0 Å². The van der Waals surface area contributed by atoms with Gasteiger partial charge < -0.3 is 17.3 Å². The Morgan fingerprint density at radius 1 is 0.545 bits per heavy atom. The lowest BCUT2D eigenvalue weighted by atomic mass is 10.3. The smallest absolute Gasteiger partial charge is 0.418 e. The lowest BCUT2D eigenvalue weighted by molar-refractivity contribution is 0.368. The highest BCUT2D eigenvalue weighted by molar-refractivity contribution is 7.75. The zero-order valence-corrected chi connectivity index (χ0v) is 15.9. The van der Waals surface area contributed by atoms with E-state index in [1.54, 1.807) is 24.6 Å². The van der Waals surface area contributed by atoms with E-state index in [0.717, 1.165) is 0 Å². The normalized spacial score (nSPS) is 12.0. The minimum Gasteiger partial charge on any atom is -0.418 e. The average molecular weight is 346 g/mol. The third-order valence-electron chi connectivity index (χ3n) is 3.94. The van der Waals surface area contributed by atoms with Crippen molar-refractivity contribution in [2.75, 3.05) is 24.6 Å². The first-order valence-corrected chi connectivity index (χ1v) is 11.5. The molecule has 136 valence electrons. The molecule has 6 heteroatoms. The monoisotopic (exact) mass is 346 g/mol. The van der Waals surface area contributed by atoms with Crippen molar-refractivity contribution < 1.29 is 17.3 Å². The minimum atomic E-state index is -6.00. The Morgan fingerprint density at radius 3 is 0.864 bits per heavy atom. The van der Waals surface area contributed by atoms with E-state index < -0.39 is 14.5 Å². The van der Waals surface area contributed by atoms with E-state index in [1.165, 1.54) is 51.4 Å². The summed E-state index contributed by atoms with van der Waals surface area (Å²) in [6.45, 7) is 9.42. The number of rotatable bonds is 12. The molecule has 0 aromatic rings. The van der Waals surface area contributed by atoms with E-state index in [4.69, 9.17) is 0 Å². The summed E-state index contributed by atoms with van der Waals surface area (Å²) in [5.41, 5.74) is 0. The summed E-state index contributed by atoms with van der Waals surface area (Å²) >= 11 is 0. The predicted molar refractivity (Wildman–Crippen MR) is 96.2 cm³/mol. The molecule has 0 bridgehead atoms. The number of hydrogen-bond acceptors (Lipinski definition) is 0. The summed E-state index contributed by atoms with van der Waals surface area (Å²) in [5, 5.41) is 0. The molecule has 0 fully saturated rings. The van der Waals surface area contributed by atoms with Crippen molar-refractivity contribution >= 4 is 14.5 Å². The Bertz CT molecular complexity index is 191. The fourth-order valence-corrected chi connectivity index (χ4v) is 7.93. The van der Waals surface area contributed by atoms with Crippen LogP contribution in [-0.4, -0.2) is 31.9 Å². The highest BCUT2D eigenvalue weighted by Crippen LogP contribution is 2.61. The Morgan fingerprint density at radius 2 is 0.727 bits per heavy atom. The predicted octanol–water partition coefficient (Wildman–Crippen LogP) is 7.50. The minimum absolute atomic E-state index is 0.562. The molecule has 0 spiro atoms. The van der Waals surface area contributed by atoms with Gasteiger partial charge >= 0.3 is 7.25 Å². The first-order chi connectivity index (χ1) is 10.2. The van der Waals surface area contributed by atoms with E-state index in [-0.39, 0.29) is 0 Å². The fraction of sp³-hybridized carbons (Fsp3) is 1.00. The van der Waals surface area contributed by atoms with Crippen molar-refractivity contribution in [3.63, 3.8) is 0 Å². The lowest BCUT2D eigenvalue weighted by Gasteiger charge is -2.28. The third-order valence-corrected chi connectivity index (χ3v) is 9.00. The highest BCUT2D eigenvalue weighted by Gasteiger charge is 2.34. The standard InChI is InChI=1S/C16H36P.BF4/c1-5-9-13-17(14-10-6-2,15-11-7-3)16-12-8-4;2-1(3,4)5/h5-16H2,1-4H3;/q+1;-1. The maximum Gasteiger partial charge on any atom is 0.673 e. The van der Waals surface area contributed by atoms with Gasteiger partial charge in [0.2, 0.25) is 0 Å². The van der Waals surface area contributed by atoms with Crippen LogP contribution in [0.5, 0.6) is 0 Å². The SMILES string of the molecule is CCCC[P+](CCCC)(CCCC)CCCC.F[B-](F)(F)F. The summed E-state index contributed by atoms with van der Waals surface area (Å²) < 4.78 is 39.0. The molecule has 0 radical (unpaired) electrons. The van der Waals surface area contributed by atoms with Crippen LogP contribution < -0.4 is 0 Å². The Balaban J connectivity index is 0. The van der Waals surface area contributed by atoms with Gasteiger partial charge in [-0.05, 0) is 25.7 Å². The second kappa shape index (κ2) is 14.8. The highest BCUT2D eigenvalue weighted by atomic mass is 31.2. The van der Waals surface area contributed by atoms with Gasteiger partial charge in [0, 0.05) is 7.26 Å². The molecule has 22 heavy (non-hydrogen) atoms. The van der Waals surface area contributed by atoms with E-state index >= 15 is 0 Å². The molecule has 0 N–H and O–H groups in total. The van der Waals surface area contributed by atoms with Crippen molar-refractivity contribution in [1.29, 1.82) is 0 Å². The molecule has 0 aromatic carbocycles.